The van der Waals surface area contributed by atoms with Gasteiger partial charge in [0.25, 0.3) is 0 Å². The Hall–Kier alpha value is -1.14. The van der Waals surface area contributed by atoms with Crippen LogP contribution in [-0.2, 0) is 6.54 Å². The van der Waals surface area contributed by atoms with E-state index in [4.69, 9.17) is 5.73 Å². The number of aryl methyl sites for hydroxylation is 1. The van der Waals surface area contributed by atoms with Crippen LogP contribution in [0, 0.1) is 6.92 Å². The molecule has 0 fully saturated rings. The van der Waals surface area contributed by atoms with Crippen LogP contribution in [0.2, 0.25) is 0 Å². The van der Waals surface area contributed by atoms with Crippen LogP contribution in [0.25, 0.3) is 0 Å². The summed E-state index contributed by atoms with van der Waals surface area (Å²) < 4.78 is 0. The van der Waals surface area contributed by atoms with Gasteiger partial charge in [-0.25, -0.2) is 9.97 Å². The molecule has 0 aliphatic heterocycles. The van der Waals surface area contributed by atoms with E-state index in [0.29, 0.717) is 0 Å². The summed E-state index contributed by atoms with van der Waals surface area (Å²) in [5.74, 6) is 0. The molecule has 2 aromatic rings. The highest BCUT2D eigenvalue weighted by Crippen LogP contribution is 2.21. The van der Waals surface area contributed by atoms with Crippen molar-refractivity contribution in [1.29, 1.82) is 0 Å². The lowest BCUT2D eigenvalue weighted by molar-refractivity contribution is 1.15. The van der Waals surface area contributed by atoms with Gasteiger partial charge in [0.2, 0.25) is 0 Å². The van der Waals surface area contributed by atoms with E-state index in [0.717, 1.165) is 21.7 Å². The van der Waals surface area contributed by atoms with E-state index in [9.17, 15) is 0 Å². The second kappa shape index (κ2) is 3.93. The zero-order valence-electron chi connectivity index (χ0n) is 7.65. The van der Waals surface area contributed by atoms with Crippen LogP contribution in [0.15, 0.2) is 12.4 Å². The van der Waals surface area contributed by atoms with E-state index in [-0.39, 0.29) is 0 Å². The number of aromatic nitrogens is 2. The molecule has 0 spiro atoms. The molecular formula is C8H10N4S2. The van der Waals surface area contributed by atoms with E-state index in [2.05, 4.69) is 15.3 Å². The summed E-state index contributed by atoms with van der Waals surface area (Å²) in [6.07, 6.45) is 3.54. The molecule has 2 heterocycles. The molecule has 0 aliphatic carbocycles. The first kappa shape index (κ1) is 9.42. The van der Waals surface area contributed by atoms with Crippen molar-refractivity contribution in [3.8, 4) is 0 Å². The molecule has 4 nitrogen and oxygen atoms in total. The minimum Gasteiger partial charge on any atom is -0.389 e. The summed E-state index contributed by atoms with van der Waals surface area (Å²) in [5, 5.41) is 5.86. The quantitative estimate of drug-likeness (QED) is 0.841. The van der Waals surface area contributed by atoms with Gasteiger partial charge in [0, 0.05) is 11.1 Å². The van der Waals surface area contributed by atoms with Crippen molar-refractivity contribution in [1.82, 2.24) is 9.97 Å². The number of nitrogen functional groups attached to an aromatic ring is 1. The van der Waals surface area contributed by atoms with Crippen molar-refractivity contribution in [3.05, 3.63) is 22.3 Å². The van der Waals surface area contributed by atoms with Gasteiger partial charge in [0.05, 0.1) is 17.7 Å². The maximum atomic E-state index is 5.56. The average Bonchev–Trinajstić information content (AvgIpc) is 2.72. The summed E-state index contributed by atoms with van der Waals surface area (Å²) in [7, 11) is 0. The van der Waals surface area contributed by atoms with Crippen molar-refractivity contribution < 1.29 is 0 Å². The van der Waals surface area contributed by atoms with Gasteiger partial charge < -0.3 is 11.1 Å². The summed E-state index contributed by atoms with van der Waals surface area (Å²) in [4.78, 5) is 9.48. The molecule has 14 heavy (non-hydrogen) atoms. The SMILES string of the molecule is Cc1ncc(CNc2ncc(N)s2)s1. The Morgan fingerprint density at radius 1 is 1.36 bits per heavy atom. The lowest BCUT2D eigenvalue weighted by Gasteiger charge is -1.97. The number of hydrogen-bond acceptors (Lipinski definition) is 6. The first-order valence-electron chi connectivity index (χ1n) is 4.10. The molecule has 0 saturated heterocycles. The third-order valence-corrected chi connectivity index (χ3v) is 3.30. The fourth-order valence-electron chi connectivity index (χ4n) is 1.02. The van der Waals surface area contributed by atoms with Gasteiger partial charge in [-0.3, -0.25) is 0 Å². The normalized spacial score (nSPS) is 10.4. The van der Waals surface area contributed by atoms with E-state index in [1.165, 1.54) is 16.2 Å². The van der Waals surface area contributed by atoms with Crippen LogP contribution in [0.4, 0.5) is 10.1 Å². The fraction of sp³-hybridized carbons (Fsp3) is 0.250. The summed E-state index contributed by atoms with van der Waals surface area (Å²) in [6, 6.07) is 0. The monoisotopic (exact) mass is 226 g/mol. The largest absolute Gasteiger partial charge is 0.389 e. The summed E-state index contributed by atoms with van der Waals surface area (Å²) in [5.41, 5.74) is 5.56. The van der Waals surface area contributed by atoms with Crippen molar-refractivity contribution in [3.63, 3.8) is 0 Å². The predicted molar refractivity (Wildman–Crippen MR) is 60.7 cm³/mol. The highest BCUT2D eigenvalue weighted by Gasteiger charge is 2.00. The van der Waals surface area contributed by atoms with Crippen LogP contribution < -0.4 is 11.1 Å². The topological polar surface area (TPSA) is 63.8 Å². The van der Waals surface area contributed by atoms with E-state index in [1.807, 2.05) is 13.1 Å². The third kappa shape index (κ3) is 2.21. The first-order chi connectivity index (χ1) is 6.74. The standard InChI is InChI=1S/C8H10N4S2/c1-5-10-2-6(13-5)3-11-8-12-4-7(9)14-8/h2,4H,3,9H2,1H3,(H,11,12). The number of nitrogens with zero attached hydrogens (tertiary/aromatic N) is 2. The molecule has 0 amide bonds. The molecular weight excluding hydrogens is 216 g/mol. The Morgan fingerprint density at radius 3 is 2.79 bits per heavy atom. The van der Waals surface area contributed by atoms with E-state index in [1.54, 1.807) is 17.5 Å². The lowest BCUT2D eigenvalue weighted by Crippen LogP contribution is -1.95. The van der Waals surface area contributed by atoms with Crippen LogP contribution in [0.5, 0.6) is 0 Å². The molecule has 2 aromatic heterocycles. The van der Waals surface area contributed by atoms with Gasteiger partial charge in [-0.2, -0.15) is 0 Å². The molecule has 0 radical (unpaired) electrons. The second-order valence-corrected chi connectivity index (χ2v) is 5.15. The Balaban J connectivity index is 1.94. The van der Waals surface area contributed by atoms with Crippen LogP contribution >= 0.6 is 22.7 Å². The molecule has 74 valence electrons. The van der Waals surface area contributed by atoms with Crippen LogP contribution in [0.3, 0.4) is 0 Å². The summed E-state index contributed by atoms with van der Waals surface area (Å²) in [6.45, 7) is 2.76. The number of nitrogens with one attached hydrogen (secondary N) is 1. The van der Waals surface area contributed by atoms with Crippen LogP contribution in [0.1, 0.15) is 9.88 Å². The Morgan fingerprint density at radius 2 is 2.21 bits per heavy atom. The molecule has 0 bridgehead atoms. The number of nitrogens with two attached hydrogens (primary N) is 1. The van der Waals surface area contributed by atoms with Gasteiger partial charge in [0.15, 0.2) is 5.13 Å². The molecule has 0 atom stereocenters. The maximum Gasteiger partial charge on any atom is 0.184 e. The second-order valence-electron chi connectivity index (χ2n) is 2.77. The molecule has 0 unspecified atom stereocenters. The smallest absolute Gasteiger partial charge is 0.184 e. The highest BCUT2D eigenvalue weighted by molar-refractivity contribution is 7.19. The van der Waals surface area contributed by atoms with Gasteiger partial charge in [0.1, 0.15) is 5.00 Å². The van der Waals surface area contributed by atoms with Gasteiger partial charge >= 0.3 is 0 Å². The van der Waals surface area contributed by atoms with Crippen LogP contribution in [-0.4, -0.2) is 9.97 Å². The van der Waals surface area contributed by atoms with Crippen molar-refractivity contribution in [2.24, 2.45) is 0 Å². The zero-order chi connectivity index (χ0) is 9.97. The number of thiazole rings is 2. The molecule has 0 aromatic carbocycles. The maximum absolute atomic E-state index is 5.56. The molecule has 3 N–H and O–H groups in total. The first-order valence-corrected chi connectivity index (χ1v) is 5.74. The minimum atomic E-state index is 0.730. The molecule has 6 heteroatoms. The summed E-state index contributed by atoms with van der Waals surface area (Å²) >= 11 is 3.14. The van der Waals surface area contributed by atoms with E-state index < -0.39 is 0 Å². The lowest BCUT2D eigenvalue weighted by atomic mass is 10.5. The van der Waals surface area contributed by atoms with Crippen molar-refractivity contribution in [2.45, 2.75) is 13.5 Å². The van der Waals surface area contributed by atoms with Gasteiger partial charge in [-0.15, -0.1) is 11.3 Å². The van der Waals surface area contributed by atoms with Gasteiger partial charge in [-0.1, -0.05) is 11.3 Å². The Labute approximate surface area is 89.8 Å². The average molecular weight is 226 g/mol. The minimum absolute atomic E-state index is 0.730. The predicted octanol–water partition coefficient (Wildman–Crippen LogP) is 2.10. The highest BCUT2D eigenvalue weighted by atomic mass is 32.1. The molecule has 0 aliphatic rings. The molecule has 0 saturated carbocycles. The van der Waals surface area contributed by atoms with Crippen molar-refractivity contribution >= 4 is 32.8 Å². The van der Waals surface area contributed by atoms with E-state index >= 15 is 0 Å². The fourth-order valence-corrected chi connectivity index (χ4v) is 2.33. The number of hydrogen-bond donors (Lipinski definition) is 2. The third-order valence-electron chi connectivity index (χ3n) is 1.61. The number of anilines is 2. The van der Waals surface area contributed by atoms with Crippen molar-refractivity contribution in [2.75, 3.05) is 11.1 Å². The Kier molecular flexibility index (Phi) is 2.64. The Bertz CT molecular complexity index is 380. The number of rotatable bonds is 3. The van der Waals surface area contributed by atoms with Gasteiger partial charge in [-0.05, 0) is 6.92 Å². The molecule has 2 rings (SSSR count). The zero-order valence-corrected chi connectivity index (χ0v) is 9.28.